The van der Waals surface area contributed by atoms with Gasteiger partial charge in [0.25, 0.3) is 5.91 Å². The molecule has 0 aliphatic heterocycles. The Morgan fingerprint density at radius 3 is 2.46 bits per heavy atom. The van der Waals surface area contributed by atoms with E-state index in [0.717, 1.165) is 37.5 Å². The third-order valence-electron chi connectivity index (χ3n) is 6.85. The van der Waals surface area contributed by atoms with E-state index in [0.29, 0.717) is 23.4 Å². The number of nitrogens with zero attached hydrogens (tertiary/aromatic N) is 4. The van der Waals surface area contributed by atoms with E-state index in [1.54, 1.807) is 30.4 Å². The lowest BCUT2D eigenvalue weighted by Gasteiger charge is -2.28. The number of ether oxygens (including phenoxy) is 1. The number of hydrogen-bond donors (Lipinski definition) is 4. The van der Waals surface area contributed by atoms with Crippen molar-refractivity contribution in [1.29, 1.82) is 5.41 Å². The van der Waals surface area contributed by atoms with Crippen LogP contribution in [0.4, 0.5) is 5.69 Å². The van der Waals surface area contributed by atoms with Gasteiger partial charge in [-0.3, -0.25) is 14.3 Å². The van der Waals surface area contributed by atoms with Crippen LogP contribution in [0.15, 0.2) is 36.4 Å². The minimum atomic E-state index is -0.680. The molecule has 0 saturated heterocycles. The SMILES string of the molecule is COc1nnccc1C(C)n1cc(NC(=O)C(NC(=O)/C(=C/C=N)NC(C)C)C(C2CC2)C2CC2)cn1. The van der Waals surface area contributed by atoms with Gasteiger partial charge >= 0.3 is 0 Å². The number of rotatable bonds is 13. The molecule has 2 atom stereocenters. The molecule has 11 nitrogen and oxygen atoms in total. The number of hydrogen-bond acceptors (Lipinski definition) is 8. The Bertz CT molecular complexity index is 1140. The fourth-order valence-electron chi connectivity index (χ4n) is 4.81. The van der Waals surface area contributed by atoms with Crippen LogP contribution in [0.1, 0.15) is 58.1 Å². The molecular formula is C26H36N8O3. The molecule has 2 amide bonds. The maximum absolute atomic E-state index is 13.6. The Morgan fingerprint density at radius 2 is 1.86 bits per heavy atom. The minimum Gasteiger partial charge on any atom is -0.480 e. The molecule has 4 rings (SSSR count). The number of anilines is 1. The van der Waals surface area contributed by atoms with Crippen LogP contribution in [-0.2, 0) is 9.59 Å². The van der Waals surface area contributed by atoms with Crippen molar-refractivity contribution in [1.82, 2.24) is 30.6 Å². The van der Waals surface area contributed by atoms with Gasteiger partial charge in [-0.25, -0.2) is 0 Å². The lowest BCUT2D eigenvalue weighted by Crippen LogP contribution is -2.51. The molecule has 11 heteroatoms. The molecule has 0 aromatic carbocycles. The Morgan fingerprint density at radius 1 is 1.16 bits per heavy atom. The number of methoxy groups -OCH3 is 1. The summed E-state index contributed by atoms with van der Waals surface area (Å²) in [6.45, 7) is 5.79. The van der Waals surface area contributed by atoms with Gasteiger partial charge in [-0.05, 0) is 76.4 Å². The number of carbonyl (C=O) groups excluding carboxylic acids is 2. The fraction of sp³-hybridized carbons (Fsp3) is 0.538. The second-order valence-electron chi connectivity index (χ2n) is 10.1. The average molecular weight is 509 g/mol. The average Bonchev–Trinajstić information content (AvgIpc) is 3.82. The van der Waals surface area contributed by atoms with E-state index >= 15 is 0 Å². The minimum absolute atomic E-state index is 0.00827. The van der Waals surface area contributed by atoms with Gasteiger partial charge in [0.1, 0.15) is 11.7 Å². The third-order valence-corrected chi connectivity index (χ3v) is 6.85. The molecule has 2 unspecified atom stereocenters. The monoisotopic (exact) mass is 508 g/mol. The Kier molecular flexibility index (Phi) is 8.20. The number of nitrogens with one attached hydrogen (secondary N) is 4. The molecule has 2 aliphatic carbocycles. The van der Waals surface area contributed by atoms with Crippen LogP contribution < -0.4 is 20.7 Å². The Hall–Kier alpha value is -3.76. The van der Waals surface area contributed by atoms with E-state index in [4.69, 9.17) is 10.1 Å². The highest BCUT2D eigenvalue weighted by Gasteiger charge is 2.48. The molecule has 37 heavy (non-hydrogen) atoms. The van der Waals surface area contributed by atoms with Crippen molar-refractivity contribution < 1.29 is 14.3 Å². The van der Waals surface area contributed by atoms with Gasteiger partial charge < -0.3 is 26.1 Å². The van der Waals surface area contributed by atoms with E-state index in [1.807, 2.05) is 26.8 Å². The highest BCUT2D eigenvalue weighted by Crippen LogP contribution is 2.50. The standard InChI is InChI=1S/C26H36N8O3/c1-15(2)30-21(9-11-27)24(35)32-23(22(17-5-6-17)18-7-8-18)25(36)31-19-13-29-34(14-19)16(3)20-10-12-28-33-26(20)37-4/h9-18,22-23,27,30H,5-8H2,1-4H3,(H,31,36)(H,32,35)/b21-9-,27-11?. The van der Waals surface area contributed by atoms with Crippen LogP contribution in [0.3, 0.4) is 0 Å². The van der Waals surface area contributed by atoms with Crippen molar-refractivity contribution in [3.63, 3.8) is 0 Å². The number of amides is 2. The topological polar surface area (TPSA) is 147 Å². The van der Waals surface area contributed by atoms with Crippen molar-refractivity contribution >= 4 is 23.7 Å². The van der Waals surface area contributed by atoms with Crippen molar-refractivity contribution in [3.8, 4) is 5.88 Å². The van der Waals surface area contributed by atoms with Crippen molar-refractivity contribution in [2.45, 2.75) is 64.6 Å². The van der Waals surface area contributed by atoms with Gasteiger partial charge in [-0.1, -0.05) is 0 Å². The van der Waals surface area contributed by atoms with Gasteiger partial charge in [-0.15, -0.1) is 5.10 Å². The molecule has 2 aliphatic rings. The highest BCUT2D eigenvalue weighted by molar-refractivity contribution is 6.02. The summed E-state index contributed by atoms with van der Waals surface area (Å²) < 4.78 is 7.04. The van der Waals surface area contributed by atoms with Crippen molar-refractivity contribution in [3.05, 3.63) is 42.0 Å². The van der Waals surface area contributed by atoms with Gasteiger partial charge in [-0.2, -0.15) is 10.2 Å². The predicted octanol–water partition coefficient (Wildman–Crippen LogP) is 2.68. The summed E-state index contributed by atoms with van der Waals surface area (Å²) in [5, 5.41) is 28.8. The van der Waals surface area contributed by atoms with Crippen molar-refractivity contribution in [2.24, 2.45) is 17.8 Å². The van der Waals surface area contributed by atoms with Crippen LogP contribution in [0, 0.1) is 23.2 Å². The quantitative estimate of drug-likeness (QED) is 0.240. The number of carbonyl (C=O) groups is 2. The molecule has 2 aromatic heterocycles. The van der Waals surface area contributed by atoms with Crippen LogP contribution in [-0.4, -0.2) is 57.2 Å². The maximum Gasteiger partial charge on any atom is 0.268 e. The van der Waals surface area contributed by atoms with E-state index < -0.39 is 6.04 Å². The van der Waals surface area contributed by atoms with E-state index in [1.165, 1.54) is 6.08 Å². The molecule has 0 radical (unpaired) electrons. The van der Waals surface area contributed by atoms with Crippen LogP contribution in [0.2, 0.25) is 0 Å². The smallest absolute Gasteiger partial charge is 0.268 e. The lowest BCUT2D eigenvalue weighted by atomic mass is 9.88. The molecule has 2 fully saturated rings. The Labute approximate surface area is 217 Å². The van der Waals surface area contributed by atoms with Crippen LogP contribution in [0.5, 0.6) is 5.88 Å². The molecule has 4 N–H and O–H groups in total. The largest absolute Gasteiger partial charge is 0.480 e. The molecule has 2 heterocycles. The third kappa shape index (κ3) is 6.52. The summed E-state index contributed by atoms with van der Waals surface area (Å²) in [6.07, 6.45) is 11.7. The summed E-state index contributed by atoms with van der Waals surface area (Å²) >= 11 is 0. The zero-order valence-corrected chi connectivity index (χ0v) is 21.8. The molecular weight excluding hydrogens is 472 g/mol. The molecule has 0 bridgehead atoms. The van der Waals surface area contributed by atoms with Crippen LogP contribution >= 0.6 is 0 Å². The highest BCUT2D eigenvalue weighted by atomic mass is 16.5. The number of allylic oxidation sites excluding steroid dienone is 1. The van der Waals surface area contributed by atoms with Crippen molar-refractivity contribution in [2.75, 3.05) is 12.4 Å². The van der Waals surface area contributed by atoms with E-state index in [2.05, 4.69) is 31.2 Å². The van der Waals surface area contributed by atoms with Crippen LogP contribution in [0.25, 0.3) is 0 Å². The summed E-state index contributed by atoms with van der Waals surface area (Å²) in [7, 11) is 1.54. The first-order chi connectivity index (χ1) is 17.8. The van der Waals surface area contributed by atoms with Gasteiger partial charge in [0.15, 0.2) is 0 Å². The zero-order chi connectivity index (χ0) is 26.5. The molecule has 0 spiro atoms. The predicted molar refractivity (Wildman–Crippen MR) is 139 cm³/mol. The first-order valence-corrected chi connectivity index (χ1v) is 12.8. The Balaban J connectivity index is 1.52. The zero-order valence-electron chi connectivity index (χ0n) is 21.8. The maximum atomic E-state index is 13.6. The fourth-order valence-corrected chi connectivity index (χ4v) is 4.81. The second kappa shape index (κ2) is 11.5. The normalized spacial score (nSPS) is 17.3. The number of aromatic nitrogens is 4. The van der Waals surface area contributed by atoms with E-state index in [9.17, 15) is 9.59 Å². The first kappa shape index (κ1) is 26.3. The van der Waals surface area contributed by atoms with Gasteiger partial charge in [0.2, 0.25) is 11.8 Å². The van der Waals surface area contributed by atoms with Gasteiger partial charge in [0.05, 0.1) is 31.2 Å². The molecule has 2 aromatic rings. The van der Waals surface area contributed by atoms with E-state index in [-0.39, 0.29) is 35.5 Å². The second-order valence-corrected chi connectivity index (χ2v) is 10.1. The summed E-state index contributed by atoms with van der Waals surface area (Å²) in [5.74, 6) is 0.735. The summed E-state index contributed by atoms with van der Waals surface area (Å²) in [5.41, 5.74) is 1.63. The summed E-state index contributed by atoms with van der Waals surface area (Å²) in [6, 6.07) is 0.950. The lowest BCUT2D eigenvalue weighted by molar-refractivity contribution is -0.126. The molecule has 2 saturated carbocycles. The van der Waals surface area contributed by atoms with Gasteiger partial charge in [0, 0.05) is 24.0 Å². The summed E-state index contributed by atoms with van der Waals surface area (Å²) in [4.78, 5) is 26.8. The molecule has 198 valence electrons. The first-order valence-electron chi connectivity index (χ1n) is 12.8.